The van der Waals surface area contributed by atoms with Gasteiger partial charge in [-0.05, 0) is 25.2 Å². The van der Waals surface area contributed by atoms with Gasteiger partial charge in [-0.3, -0.25) is 0 Å². The lowest BCUT2D eigenvalue weighted by Crippen LogP contribution is -2.06. The van der Waals surface area contributed by atoms with Gasteiger partial charge in [0.15, 0.2) is 0 Å². The number of aromatic nitrogens is 2. The second-order valence-electron chi connectivity index (χ2n) is 4.78. The van der Waals surface area contributed by atoms with Crippen LogP contribution in [0.25, 0.3) is 0 Å². The number of rotatable bonds is 6. The molecule has 1 aromatic rings. The van der Waals surface area contributed by atoms with Crippen LogP contribution >= 0.6 is 0 Å². The van der Waals surface area contributed by atoms with Crippen molar-refractivity contribution in [3.05, 3.63) is 11.3 Å². The Morgan fingerprint density at radius 2 is 2.00 bits per heavy atom. The summed E-state index contributed by atoms with van der Waals surface area (Å²) in [6.45, 7) is 9.32. The van der Waals surface area contributed by atoms with Gasteiger partial charge < -0.3 is 5.11 Å². The van der Waals surface area contributed by atoms with E-state index in [0.717, 1.165) is 37.1 Å². The maximum atomic E-state index is 10.1. The second kappa shape index (κ2) is 5.92. The Hall–Kier alpha value is -0.990. The van der Waals surface area contributed by atoms with E-state index >= 15 is 0 Å². The Balaban J connectivity index is 2.90. The summed E-state index contributed by atoms with van der Waals surface area (Å²) >= 11 is 0. The van der Waals surface area contributed by atoms with Crippen molar-refractivity contribution in [2.45, 2.75) is 59.9 Å². The molecule has 0 spiro atoms. The van der Waals surface area contributed by atoms with Gasteiger partial charge in [0.1, 0.15) is 0 Å². The fraction of sp³-hybridized carbons (Fsp3) is 0.769. The minimum absolute atomic E-state index is 0.377. The molecule has 0 radical (unpaired) electrons. The Morgan fingerprint density at radius 1 is 1.31 bits per heavy atom. The van der Waals surface area contributed by atoms with Gasteiger partial charge in [0.2, 0.25) is 5.88 Å². The maximum Gasteiger partial charge on any atom is 0.212 e. The molecule has 3 heteroatoms. The third kappa shape index (κ3) is 3.00. The van der Waals surface area contributed by atoms with Gasteiger partial charge in [-0.1, -0.05) is 34.1 Å². The van der Waals surface area contributed by atoms with Crippen molar-refractivity contribution < 1.29 is 5.11 Å². The van der Waals surface area contributed by atoms with Crippen LogP contribution in [0.5, 0.6) is 5.88 Å². The summed E-state index contributed by atoms with van der Waals surface area (Å²) in [6, 6.07) is 0. The lowest BCUT2D eigenvalue weighted by Gasteiger charge is -2.05. The van der Waals surface area contributed by atoms with E-state index in [9.17, 15) is 5.11 Å². The van der Waals surface area contributed by atoms with Crippen LogP contribution in [0.15, 0.2) is 0 Å². The zero-order valence-electron chi connectivity index (χ0n) is 11.0. The first-order valence-electron chi connectivity index (χ1n) is 6.37. The van der Waals surface area contributed by atoms with E-state index in [-0.39, 0.29) is 0 Å². The van der Waals surface area contributed by atoms with Gasteiger partial charge in [-0.2, -0.15) is 5.10 Å². The van der Waals surface area contributed by atoms with Gasteiger partial charge in [0.05, 0.1) is 5.69 Å². The molecular weight excluding hydrogens is 200 g/mol. The SMILES string of the molecule is CCCCc1nn(CC(C)C)c(O)c1CC. The van der Waals surface area contributed by atoms with E-state index < -0.39 is 0 Å². The highest BCUT2D eigenvalue weighted by Gasteiger charge is 2.15. The predicted molar refractivity (Wildman–Crippen MR) is 66.7 cm³/mol. The molecule has 1 rings (SSSR count). The molecule has 0 fully saturated rings. The molecule has 0 bridgehead atoms. The molecule has 0 aliphatic heterocycles. The molecule has 16 heavy (non-hydrogen) atoms. The molecule has 0 saturated carbocycles. The van der Waals surface area contributed by atoms with E-state index in [2.05, 4.69) is 32.8 Å². The fourth-order valence-electron chi connectivity index (χ4n) is 1.92. The molecule has 0 aliphatic rings. The van der Waals surface area contributed by atoms with Crippen LogP contribution in [0.1, 0.15) is 51.8 Å². The van der Waals surface area contributed by atoms with Crippen LogP contribution in [-0.4, -0.2) is 14.9 Å². The number of aryl methyl sites for hydroxylation is 1. The van der Waals surface area contributed by atoms with Gasteiger partial charge in [0.25, 0.3) is 0 Å². The summed E-state index contributed by atoms with van der Waals surface area (Å²) < 4.78 is 1.76. The van der Waals surface area contributed by atoms with E-state index in [4.69, 9.17) is 0 Å². The molecule has 1 heterocycles. The molecule has 0 unspecified atom stereocenters. The van der Waals surface area contributed by atoms with Gasteiger partial charge >= 0.3 is 0 Å². The molecule has 0 saturated heterocycles. The Morgan fingerprint density at radius 3 is 2.50 bits per heavy atom. The zero-order valence-corrected chi connectivity index (χ0v) is 11.0. The number of hydrogen-bond acceptors (Lipinski definition) is 2. The quantitative estimate of drug-likeness (QED) is 0.806. The third-order valence-corrected chi connectivity index (χ3v) is 2.76. The van der Waals surface area contributed by atoms with E-state index in [1.165, 1.54) is 6.42 Å². The average Bonchev–Trinajstić information content (AvgIpc) is 2.51. The minimum Gasteiger partial charge on any atom is -0.493 e. The summed E-state index contributed by atoms with van der Waals surface area (Å²) in [5.41, 5.74) is 2.12. The molecule has 1 N–H and O–H groups in total. The first kappa shape index (κ1) is 13.1. The van der Waals surface area contributed by atoms with Crippen molar-refractivity contribution in [1.29, 1.82) is 0 Å². The number of aromatic hydroxyl groups is 1. The minimum atomic E-state index is 0.377. The van der Waals surface area contributed by atoms with Crippen molar-refractivity contribution in [2.24, 2.45) is 5.92 Å². The molecule has 1 aromatic heterocycles. The van der Waals surface area contributed by atoms with Gasteiger partial charge in [-0.15, -0.1) is 0 Å². The number of hydrogen-bond donors (Lipinski definition) is 1. The van der Waals surface area contributed by atoms with Gasteiger partial charge in [-0.25, -0.2) is 4.68 Å². The highest BCUT2D eigenvalue weighted by molar-refractivity contribution is 5.30. The average molecular weight is 224 g/mol. The molecule has 92 valence electrons. The summed E-state index contributed by atoms with van der Waals surface area (Å²) in [4.78, 5) is 0. The van der Waals surface area contributed by atoms with Crippen LogP contribution in [0.4, 0.5) is 0 Å². The van der Waals surface area contributed by atoms with Crippen LogP contribution in [0, 0.1) is 5.92 Å². The fourth-order valence-corrected chi connectivity index (χ4v) is 1.92. The predicted octanol–water partition coefficient (Wildman–Crippen LogP) is 3.15. The number of unbranched alkanes of at least 4 members (excludes halogenated alkanes) is 1. The standard InChI is InChI=1S/C13H24N2O/c1-5-7-8-12-11(6-2)13(16)15(14-12)9-10(3)4/h10,16H,5-9H2,1-4H3. The molecule has 0 aliphatic carbocycles. The van der Waals surface area contributed by atoms with Crippen molar-refractivity contribution >= 4 is 0 Å². The molecule has 0 atom stereocenters. The summed E-state index contributed by atoms with van der Waals surface area (Å²) in [5, 5.41) is 14.6. The van der Waals surface area contributed by atoms with Crippen molar-refractivity contribution in [2.75, 3.05) is 0 Å². The summed E-state index contributed by atoms with van der Waals surface area (Å²) in [6.07, 6.45) is 4.16. The molecule has 3 nitrogen and oxygen atoms in total. The second-order valence-corrected chi connectivity index (χ2v) is 4.78. The topological polar surface area (TPSA) is 38.0 Å². The first-order chi connectivity index (χ1) is 7.60. The smallest absolute Gasteiger partial charge is 0.212 e. The lowest BCUT2D eigenvalue weighted by molar-refractivity contribution is 0.368. The van der Waals surface area contributed by atoms with Crippen LogP contribution in [0.3, 0.4) is 0 Å². The van der Waals surface area contributed by atoms with E-state index in [1.807, 2.05) is 0 Å². The lowest BCUT2D eigenvalue weighted by atomic mass is 10.1. The van der Waals surface area contributed by atoms with E-state index in [0.29, 0.717) is 11.8 Å². The molecular formula is C13H24N2O. The van der Waals surface area contributed by atoms with Crippen molar-refractivity contribution in [3.63, 3.8) is 0 Å². The normalized spacial score (nSPS) is 11.3. The molecule has 0 amide bonds. The Kier molecular flexibility index (Phi) is 4.84. The summed E-state index contributed by atoms with van der Waals surface area (Å²) in [5.74, 6) is 0.886. The highest BCUT2D eigenvalue weighted by atomic mass is 16.3. The van der Waals surface area contributed by atoms with Crippen LogP contribution in [-0.2, 0) is 19.4 Å². The Labute approximate surface area is 98.5 Å². The van der Waals surface area contributed by atoms with Crippen molar-refractivity contribution in [1.82, 2.24) is 9.78 Å². The monoisotopic (exact) mass is 224 g/mol. The van der Waals surface area contributed by atoms with Crippen LogP contribution < -0.4 is 0 Å². The zero-order chi connectivity index (χ0) is 12.1. The third-order valence-electron chi connectivity index (χ3n) is 2.76. The van der Waals surface area contributed by atoms with Crippen molar-refractivity contribution in [3.8, 4) is 5.88 Å². The summed E-state index contributed by atoms with van der Waals surface area (Å²) in [7, 11) is 0. The first-order valence-corrected chi connectivity index (χ1v) is 6.37. The number of nitrogens with zero attached hydrogens (tertiary/aromatic N) is 2. The molecule has 0 aromatic carbocycles. The Bertz CT molecular complexity index is 329. The maximum absolute atomic E-state index is 10.1. The largest absolute Gasteiger partial charge is 0.493 e. The van der Waals surface area contributed by atoms with Gasteiger partial charge in [0, 0.05) is 12.1 Å². The van der Waals surface area contributed by atoms with Crippen LogP contribution in [0.2, 0.25) is 0 Å². The highest BCUT2D eigenvalue weighted by Crippen LogP contribution is 2.24. The van der Waals surface area contributed by atoms with E-state index in [1.54, 1.807) is 4.68 Å².